The van der Waals surface area contributed by atoms with Gasteiger partial charge < -0.3 is 10.1 Å². The first-order valence-electron chi connectivity index (χ1n) is 6.89. The summed E-state index contributed by atoms with van der Waals surface area (Å²) in [4.78, 5) is 4.34. The Bertz CT molecular complexity index is 419. The van der Waals surface area contributed by atoms with E-state index in [1.807, 2.05) is 0 Å². The third-order valence-electron chi connectivity index (χ3n) is 3.77. The average Bonchev–Trinajstić information content (AvgIpc) is 2.95. The Kier molecular flexibility index (Phi) is 3.60. The first-order chi connectivity index (χ1) is 8.92. The van der Waals surface area contributed by atoms with Crippen LogP contribution in [-0.4, -0.2) is 32.1 Å². The SMILES string of the molecule is c1cc(C2=NCCO2)ccc1CC1CCNCC1. The molecule has 0 saturated carbocycles. The molecule has 1 aromatic carbocycles. The molecule has 0 amide bonds. The number of piperidine rings is 1. The zero-order valence-corrected chi connectivity index (χ0v) is 10.7. The highest BCUT2D eigenvalue weighted by Gasteiger charge is 2.14. The second kappa shape index (κ2) is 5.53. The number of rotatable bonds is 3. The summed E-state index contributed by atoms with van der Waals surface area (Å²) < 4.78 is 5.47. The summed E-state index contributed by atoms with van der Waals surface area (Å²) in [5.74, 6) is 1.65. The van der Waals surface area contributed by atoms with E-state index >= 15 is 0 Å². The van der Waals surface area contributed by atoms with E-state index in [1.54, 1.807) is 0 Å². The van der Waals surface area contributed by atoms with Crippen LogP contribution in [0, 0.1) is 5.92 Å². The van der Waals surface area contributed by atoms with Gasteiger partial charge in [0.25, 0.3) is 0 Å². The lowest BCUT2D eigenvalue weighted by molar-refractivity contribution is 0.348. The van der Waals surface area contributed by atoms with E-state index in [-0.39, 0.29) is 0 Å². The van der Waals surface area contributed by atoms with Crippen molar-refractivity contribution >= 4 is 5.90 Å². The van der Waals surface area contributed by atoms with E-state index in [4.69, 9.17) is 4.74 Å². The van der Waals surface area contributed by atoms with Gasteiger partial charge in [-0.05, 0) is 56.0 Å². The fourth-order valence-electron chi connectivity index (χ4n) is 2.71. The second-order valence-electron chi connectivity index (χ2n) is 5.13. The minimum atomic E-state index is 0.728. The standard InChI is InChI=1S/C15H20N2O/c1-3-14(15-17-9-10-18-15)4-2-12(1)11-13-5-7-16-8-6-13/h1-4,13,16H,5-11H2. The minimum Gasteiger partial charge on any atom is -0.476 e. The maximum absolute atomic E-state index is 5.47. The smallest absolute Gasteiger partial charge is 0.216 e. The normalized spacial score (nSPS) is 20.6. The van der Waals surface area contributed by atoms with Gasteiger partial charge >= 0.3 is 0 Å². The highest BCUT2D eigenvalue weighted by molar-refractivity contribution is 5.94. The van der Waals surface area contributed by atoms with Crippen molar-refractivity contribution in [2.75, 3.05) is 26.2 Å². The maximum Gasteiger partial charge on any atom is 0.216 e. The molecule has 1 saturated heterocycles. The number of hydrogen-bond donors (Lipinski definition) is 1. The number of aliphatic imine (C=N–C) groups is 1. The van der Waals surface area contributed by atoms with Gasteiger partial charge in [0.1, 0.15) is 6.61 Å². The number of hydrogen-bond acceptors (Lipinski definition) is 3. The molecule has 1 aromatic rings. The van der Waals surface area contributed by atoms with E-state index < -0.39 is 0 Å². The average molecular weight is 244 g/mol. The number of nitrogens with one attached hydrogen (secondary N) is 1. The van der Waals surface area contributed by atoms with Crippen LogP contribution in [0.3, 0.4) is 0 Å². The van der Waals surface area contributed by atoms with Gasteiger partial charge in [-0.25, -0.2) is 4.99 Å². The van der Waals surface area contributed by atoms with Crippen molar-refractivity contribution in [3.63, 3.8) is 0 Å². The summed E-state index contributed by atoms with van der Waals surface area (Å²) in [5, 5.41) is 3.41. The summed E-state index contributed by atoms with van der Waals surface area (Å²) in [7, 11) is 0. The van der Waals surface area contributed by atoms with E-state index in [1.165, 1.54) is 37.9 Å². The van der Waals surface area contributed by atoms with Crippen molar-refractivity contribution in [3.8, 4) is 0 Å². The Labute approximate surface area is 108 Å². The van der Waals surface area contributed by atoms with E-state index in [0.717, 1.165) is 30.5 Å². The molecule has 96 valence electrons. The molecule has 0 unspecified atom stereocenters. The molecule has 1 fully saturated rings. The predicted molar refractivity (Wildman–Crippen MR) is 73.1 cm³/mol. The predicted octanol–water partition coefficient (Wildman–Crippen LogP) is 2.01. The Balaban J connectivity index is 1.63. The monoisotopic (exact) mass is 244 g/mol. The van der Waals surface area contributed by atoms with Gasteiger partial charge in [-0.1, -0.05) is 12.1 Å². The fourth-order valence-corrected chi connectivity index (χ4v) is 2.71. The third kappa shape index (κ3) is 2.72. The Morgan fingerprint density at radius 2 is 1.94 bits per heavy atom. The Hall–Kier alpha value is -1.35. The maximum atomic E-state index is 5.47. The van der Waals surface area contributed by atoms with Crippen LogP contribution in [0.1, 0.15) is 24.0 Å². The molecule has 0 aliphatic carbocycles. The largest absolute Gasteiger partial charge is 0.476 e. The van der Waals surface area contributed by atoms with Gasteiger partial charge in [-0.2, -0.15) is 0 Å². The lowest BCUT2D eigenvalue weighted by atomic mass is 9.91. The number of benzene rings is 1. The van der Waals surface area contributed by atoms with Crippen molar-refractivity contribution in [2.45, 2.75) is 19.3 Å². The molecule has 3 rings (SSSR count). The topological polar surface area (TPSA) is 33.6 Å². The molecule has 0 spiro atoms. The highest BCUT2D eigenvalue weighted by Crippen LogP contribution is 2.19. The molecular weight excluding hydrogens is 224 g/mol. The summed E-state index contributed by atoms with van der Waals surface area (Å²) in [5.41, 5.74) is 2.55. The van der Waals surface area contributed by atoms with Crippen LogP contribution in [-0.2, 0) is 11.2 Å². The molecule has 0 radical (unpaired) electrons. The van der Waals surface area contributed by atoms with Crippen molar-refractivity contribution in [1.82, 2.24) is 5.32 Å². The summed E-state index contributed by atoms with van der Waals surface area (Å²) in [6.45, 7) is 3.87. The summed E-state index contributed by atoms with van der Waals surface area (Å²) in [6, 6.07) is 8.73. The third-order valence-corrected chi connectivity index (χ3v) is 3.77. The molecule has 18 heavy (non-hydrogen) atoms. The minimum absolute atomic E-state index is 0.728. The molecule has 2 aliphatic rings. The first kappa shape index (κ1) is 11.7. The zero-order chi connectivity index (χ0) is 12.2. The van der Waals surface area contributed by atoms with Gasteiger partial charge in [0.2, 0.25) is 5.90 Å². The Morgan fingerprint density at radius 3 is 2.61 bits per heavy atom. The first-order valence-corrected chi connectivity index (χ1v) is 6.89. The molecule has 0 atom stereocenters. The van der Waals surface area contributed by atoms with E-state index in [2.05, 4.69) is 34.6 Å². The Morgan fingerprint density at radius 1 is 1.17 bits per heavy atom. The molecule has 1 N–H and O–H groups in total. The molecule has 3 nitrogen and oxygen atoms in total. The molecular formula is C15H20N2O. The summed E-state index contributed by atoms with van der Waals surface area (Å²) >= 11 is 0. The molecule has 3 heteroatoms. The molecule has 2 aliphatic heterocycles. The lowest BCUT2D eigenvalue weighted by Crippen LogP contribution is -2.28. The second-order valence-corrected chi connectivity index (χ2v) is 5.13. The van der Waals surface area contributed by atoms with Gasteiger partial charge in [-0.15, -0.1) is 0 Å². The van der Waals surface area contributed by atoms with Gasteiger partial charge in [0.05, 0.1) is 6.54 Å². The number of nitrogens with zero attached hydrogens (tertiary/aromatic N) is 1. The fraction of sp³-hybridized carbons (Fsp3) is 0.533. The van der Waals surface area contributed by atoms with Crippen LogP contribution in [0.2, 0.25) is 0 Å². The van der Waals surface area contributed by atoms with Crippen LogP contribution < -0.4 is 5.32 Å². The molecule has 2 heterocycles. The van der Waals surface area contributed by atoms with Crippen molar-refractivity contribution in [1.29, 1.82) is 0 Å². The van der Waals surface area contributed by atoms with Crippen molar-refractivity contribution in [3.05, 3.63) is 35.4 Å². The molecule has 0 aromatic heterocycles. The van der Waals surface area contributed by atoms with Gasteiger partial charge in [0, 0.05) is 5.56 Å². The van der Waals surface area contributed by atoms with Gasteiger partial charge in [-0.3, -0.25) is 0 Å². The van der Waals surface area contributed by atoms with Crippen LogP contribution in [0.4, 0.5) is 0 Å². The molecule has 0 bridgehead atoms. The van der Waals surface area contributed by atoms with Crippen LogP contribution in [0.5, 0.6) is 0 Å². The highest BCUT2D eigenvalue weighted by atomic mass is 16.5. The lowest BCUT2D eigenvalue weighted by Gasteiger charge is -2.22. The number of ether oxygens (including phenoxy) is 1. The van der Waals surface area contributed by atoms with Crippen LogP contribution >= 0.6 is 0 Å². The quantitative estimate of drug-likeness (QED) is 0.882. The van der Waals surface area contributed by atoms with Gasteiger partial charge in [0.15, 0.2) is 0 Å². The van der Waals surface area contributed by atoms with Crippen molar-refractivity contribution < 1.29 is 4.74 Å². The van der Waals surface area contributed by atoms with E-state index in [0.29, 0.717) is 0 Å². The zero-order valence-electron chi connectivity index (χ0n) is 10.7. The van der Waals surface area contributed by atoms with Crippen molar-refractivity contribution in [2.24, 2.45) is 10.9 Å². The van der Waals surface area contributed by atoms with Crippen LogP contribution in [0.25, 0.3) is 0 Å². The van der Waals surface area contributed by atoms with Crippen LogP contribution in [0.15, 0.2) is 29.3 Å². The van der Waals surface area contributed by atoms with E-state index in [9.17, 15) is 0 Å². The summed E-state index contributed by atoms with van der Waals surface area (Å²) in [6.07, 6.45) is 3.81.